The largest absolute Gasteiger partial charge is 0.354 e. The Kier molecular flexibility index (Phi) is 5.62. The molecular formula is C12H24N2OS. The van der Waals surface area contributed by atoms with Gasteiger partial charge in [-0.25, -0.2) is 0 Å². The van der Waals surface area contributed by atoms with Crippen LogP contribution in [0.25, 0.3) is 0 Å². The molecule has 0 atom stereocenters. The summed E-state index contributed by atoms with van der Waals surface area (Å²) in [4.78, 5) is 11.4. The van der Waals surface area contributed by atoms with Gasteiger partial charge in [0, 0.05) is 30.3 Å². The van der Waals surface area contributed by atoms with Crippen molar-refractivity contribution in [1.29, 1.82) is 0 Å². The summed E-state index contributed by atoms with van der Waals surface area (Å²) in [6.07, 6.45) is 6.77. The van der Waals surface area contributed by atoms with Crippen LogP contribution < -0.4 is 10.6 Å². The molecule has 0 spiro atoms. The third-order valence-corrected chi connectivity index (χ3v) is 4.54. The highest BCUT2D eigenvalue weighted by Gasteiger charge is 2.35. The highest BCUT2D eigenvalue weighted by atomic mass is 32.2. The number of carbonyl (C=O) groups is 1. The van der Waals surface area contributed by atoms with Gasteiger partial charge in [-0.1, -0.05) is 6.42 Å². The summed E-state index contributed by atoms with van der Waals surface area (Å²) >= 11 is 1.97. The number of carbonyl (C=O) groups excluding carboxylic acids is 1. The van der Waals surface area contributed by atoms with Crippen LogP contribution in [0.15, 0.2) is 0 Å². The Labute approximate surface area is 103 Å². The van der Waals surface area contributed by atoms with Gasteiger partial charge in [0.15, 0.2) is 0 Å². The van der Waals surface area contributed by atoms with Crippen molar-refractivity contribution < 1.29 is 4.79 Å². The fourth-order valence-electron chi connectivity index (χ4n) is 1.94. The zero-order valence-corrected chi connectivity index (χ0v) is 11.5. The zero-order chi connectivity index (χ0) is 12.0. The van der Waals surface area contributed by atoms with Crippen LogP contribution in [0.1, 0.15) is 39.5 Å². The molecule has 0 aromatic heterocycles. The van der Waals surface area contributed by atoms with E-state index in [2.05, 4.69) is 16.9 Å². The number of rotatable bonds is 7. The van der Waals surface area contributed by atoms with E-state index in [1.807, 2.05) is 25.6 Å². The van der Waals surface area contributed by atoms with E-state index < -0.39 is 0 Å². The number of nitrogens with one attached hydrogen (secondary N) is 2. The summed E-state index contributed by atoms with van der Waals surface area (Å²) in [5, 5.41) is 6.30. The minimum Gasteiger partial charge on any atom is -0.354 e. The van der Waals surface area contributed by atoms with Gasteiger partial charge in [0.25, 0.3) is 0 Å². The van der Waals surface area contributed by atoms with Gasteiger partial charge < -0.3 is 10.6 Å². The van der Waals surface area contributed by atoms with Crippen LogP contribution in [0.2, 0.25) is 0 Å². The van der Waals surface area contributed by atoms with Gasteiger partial charge in [0.2, 0.25) is 5.91 Å². The van der Waals surface area contributed by atoms with Gasteiger partial charge in [-0.05, 0) is 32.9 Å². The Morgan fingerprint density at radius 1 is 1.44 bits per heavy atom. The lowest BCUT2D eigenvalue weighted by molar-refractivity contribution is -0.121. The van der Waals surface area contributed by atoms with Crippen molar-refractivity contribution in [3.05, 3.63) is 0 Å². The standard InChI is InChI=1S/C12H24N2OS/c1-10(2)14-11(15)5-8-13-9-12(16-3)6-4-7-12/h10,13H,4-9H2,1-3H3,(H,14,15). The van der Waals surface area contributed by atoms with Crippen LogP contribution in [0.5, 0.6) is 0 Å². The van der Waals surface area contributed by atoms with E-state index in [9.17, 15) is 4.79 Å². The first-order valence-electron chi connectivity index (χ1n) is 6.13. The van der Waals surface area contributed by atoms with Crippen molar-refractivity contribution in [2.24, 2.45) is 0 Å². The molecule has 3 nitrogen and oxygen atoms in total. The monoisotopic (exact) mass is 244 g/mol. The molecule has 1 aliphatic carbocycles. The molecule has 0 radical (unpaired) electrons. The molecule has 0 heterocycles. The molecule has 16 heavy (non-hydrogen) atoms. The number of hydrogen-bond donors (Lipinski definition) is 2. The molecule has 0 unspecified atom stereocenters. The van der Waals surface area contributed by atoms with Gasteiger partial charge in [-0.3, -0.25) is 4.79 Å². The molecule has 0 aliphatic heterocycles. The third-order valence-electron chi connectivity index (χ3n) is 3.12. The molecule has 0 aromatic carbocycles. The Bertz CT molecular complexity index is 222. The van der Waals surface area contributed by atoms with Gasteiger partial charge in [-0.15, -0.1) is 0 Å². The smallest absolute Gasteiger partial charge is 0.221 e. The molecule has 2 N–H and O–H groups in total. The molecule has 0 saturated heterocycles. The van der Waals surface area contributed by atoms with E-state index in [0.29, 0.717) is 11.2 Å². The van der Waals surface area contributed by atoms with Crippen molar-refractivity contribution in [2.75, 3.05) is 19.3 Å². The van der Waals surface area contributed by atoms with Crippen LogP contribution in [0.3, 0.4) is 0 Å². The SMILES string of the molecule is CSC1(CNCCC(=O)NC(C)C)CCC1. The normalized spacial score (nSPS) is 18.2. The first-order chi connectivity index (χ1) is 7.58. The van der Waals surface area contributed by atoms with E-state index in [0.717, 1.165) is 13.1 Å². The second kappa shape index (κ2) is 6.50. The predicted octanol–water partition coefficient (Wildman–Crippen LogP) is 1.78. The van der Waals surface area contributed by atoms with Gasteiger partial charge in [-0.2, -0.15) is 11.8 Å². The summed E-state index contributed by atoms with van der Waals surface area (Å²) in [6.45, 7) is 5.81. The first kappa shape index (κ1) is 13.8. The van der Waals surface area contributed by atoms with Crippen LogP contribution in [0, 0.1) is 0 Å². The van der Waals surface area contributed by atoms with Crippen molar-refractivity contribution in [2.45, 2.75) is 50.3 Å². The van der Waals surface area contributed by atoms with Crippen LogP contribution in [0.4, 0.5) is 0 Å². The molecule has 1 rings (SSSR count). The molecular weight excluding hydrogens is 220 g/mol. The van der Waals surface area contributed by atoms with Crippen molar-refractivity contribution in [1.82, 2.24) is 10.6 Å². The Hall–Kier alpha value is -0.220. The number of thioether (sulfide) groups is 1. The van der Waals surface area contributed by atoms with Crippen molar-refractivity contribution >= 4 is 17.7 Å². The maximum atomic E-state index is 11.4. The maximum absolute atomic E-state index is 11.4. The summed E-state index contributed by atoms with van der Waals surface area (Å²) in [7, 11) is 0. The average Bonchev–Trinajstić information content (AvgIpc) is 2.14. The highest BCUT2D eigenvalue weighted by molar-refractivity contribution is 8.00. The summed E-state index contributed by atoms with van der Waals surface area (Å²) in [5.41, 5.74) is 0. The lowest BCUT2D eigenvalue weighted by atomic mass is 9.84. The first-order valence-corrected chi connectivity index (χ1v) is 7.36. The fraction of sp³-hybridized carbons (Fsp3) is 0.917. The summed E-state index contributed by atoms with van der Waals surface area (Å²) < 4.78 is 0.467. The number of amides is 1. The van der Waals surface area contributed by atoms with E-state index in [4.69, 9.17) is 0 Å². The average molecular weight is 244 g/mol. The van der Waals surface area contributed by atoms with Gasteiger partial charge in [0.1, 0.15) is 0 Å². The van der Waals surface area contributed by atoms with E-state index in [1.165, 1.54) is 19.3 Å². The Morgan fingerprint density at radius 2 is 2.12 bits per heavy atom. The molecule has 0 aromatic rings. The fourth-order valence-corrected chi connectivity index (χ4v) is 2.88. The van der Waals surface area contributed by atoms with Crippen LogP contribution >= 0.6 is 11.8 Å². The molecule has 4 heteroatoms. The molecule has 1 amide bonds. The maximum Gasteiger partial charge on any atom is 0.221 e. The minimum atomic E-state index is 0.148. The van der Waals surface area contributed by atoms with E-state index in [-0.39, 0.29) is 11.9 Å². The molecule has 94 valence electrons. The Morgan fingerprint density at radius 3 is 2.56 bits per heavy atom. The number of hydrogen-bond acceptors (Lipinski definition) is 3. The minimum absolute atomic E-state index is 0.148. The van der Waals surface area contributed by atoms with E-state index in [1.54, 1.807) is 0 Å². The third kappa shape index (κ3) is 4.34. The lowest BCUT2D eigenvalue weighted by Crippen LogP contribution is -2.44. The second-order valence-corrected chi connectivity index (χ2v) is 6.16. The van der Waals surface area contributed by atoms with Crippen LogP contribution in [-0.2, 0) is 4.79 Å². The van der Waals surface area contributed by atoms with Gasteiger partial charge >= 0.3 is 0 Å². The molecule has 1 fully saturated rings. The zero-order valence-electron chi connectivity index (χ0n) is 10.6. The topological polar surface area (TPSA) is 41.1 Å². The molecule has 1 saturated carbocycles. The van der Waals surface area contributed by atoms with E-state index >= 15 is 0 Å². The van der Waals surface area contributed by atoms with Crippen molar-refractivity contribution in [3.8, 4) is 0 Å². The lowest BCUT2D eigenvalue weighted by Gasteiger charge is -2.40. The highest BCUT2D eigenvalue weighted by Crippen LogP contribution is 2.42. The van der Waals surface area contributed by atoms with Crippen molar-refractivity contribution in [3.63, 3.8) is 0 Å². The molecule has 0 bridgehead atoms. The Balaban J connectivity index is 2.05. The van der Waals surface area contributed by atoms with Crippen LogP contribution in [-0.4, -0.2) is 36.0 Å². The second-order valence-electron chi connectivity index (χ2n) is 4.89. The quantitative estimate of drug-likeness (QED) is 0.671. The molecule has 1 aliphatic rings. The van der Waals surface area contributed by atoms with Gasteiger partial charge in [0.05, 0.1) is 0 Å². The summed E-state index contributed by atoms with van der Waals surface area (Å²) in [5.74, 6) is 0.148. The summed E-state index contributed by atoms with van der Waals surface area (Å²) in [6, 6.07) is 0.247. The predicted molar refractivity (Wildman–Crippen MR) is 70.9 cm³/mol.